The van der Waals surface area contributed by atoms with Gasteiger partial charge in [-0.1, -0.05) is 32.5 Å². The zero-order valence-corrected chi connectivity index (χ0v) is 21.5. The van der Waals surface area contributed by atoms with Crippen LogP contribution in [-0.2, 0) is 5.41 Å². The van der Waals surface area contributed by atoms with Crippen LogP contribution in [0.4, 0.5) is 11.6 Å². The molecule has 2 aromatic rings. The predicted octanol–water partition coefficient (Wildman–Crippen LogP) is 4.16. The van der Waals surface area contributed by atoms with E-state index < -0.39 is 0 Å². The number of nitrogens with one attached hydrogen (secondary N) is 2. The van der Waals surface area contributed by atoms with Crippen molar-refractivity contribution in [2.75, 3.05) is 31.0 Å². The van der Waals surface area contributed by atoms with Crippen LogP contribution in [0.2, 0.25) is 0 Å². The average molecular weight is 471 g/mol. The van der Waals surface area contributed by atoms with E-state index in [1.54, 1.807) is 25.1 Å². The first-order chi connectivity index (χ1) is 15.6. The van der Waals surface area contributed by atoms with Gasteiger partial charge >= 0.3 is 0 Å². The fourth-order valence-corrected chi connectivity index (χ4v) is 4.71. The van der Waals surface area contributed by atoms with Crippen molar-refractivity contribution in [1.29, 1.82) is 0 Å². The van der Waals surface area contributed by atoms with E-state index in [-0.39, 0.29) is 17.0 Å². The van der Waals surface area contributed by atoms with Crippen molar-refractivity contribution in [3.63, 3.8) is 0 Å². The van der Waals surface area contributed by atoms with Crippen molar-refractivity contribution in [3.8, 4) is 5.88 Å². The number of anilines is 2. The van der Waals surface area contributed by atoms with Gasteiger partial charge in [-0.2, -0.15) is 5.10 Å². The van der Waals surface area contributed by atoms with Crippen molar-refractivity contribution in [1.82, 2.24) is 30.0 Å². The number of aromatic nitrogens is 4. The largest absolute Gasteiger partial charge is 0.478 e. The SMILES string of the molecule is COc1nc(C2=CSC(Nc3cc(C(C)(C)C)nn3C(C)C)N2C)cnc1N1C=C(C)NC1. The molecule has 10 heteroatoms. The first kappa shape index (κ1) is 23.3. The van der Waals surface area contributed by atoms with Gasteiger partial charge in [0.15, 0.2) is 11.3 Å². The van der Waals surface area contributed by atoms with E-state index in [1.807, 2.05) is 18.0 Å². The molecule has 33 heavy (non-hydrogen) atoms. The quantitative estimate of drug-likeness (QED) is 0.646. The molecule has 1 atom stereocenters. The lowest BCUT2D eigenvalue weighted by molar-refractivity contribution is 0.394. The van der Waals surface area contributed by atoms with Crippen molar-refractivity contribution in [2.45, 2.75) is 58.5 Å². The molecule has 2 N–H and O–H groups in total. The number of methoxy groups -OCH3 is 1. The molecular weight excluding hydrogens is 436 g/mol. The van der Waals surface area contributed by atoms with Crippen molar-refractivity contribution < 1.29 is 4.74 Å². The summed E-state index contributed by atoms with van der Waals surface area (Å²) in [5.74, 6) is 2.21. The normalized spacial score (nSPS) is 18.5. The third kappa shape index (κ3) is 4.62. The smallest absolute Gasteiger partial charge is 0.258 e. The number of hydrogen-bond acceptors (Lipinski definition) is 9. The minimum absolute atomic E-state index is 0.0127. The second-order valence-corrected chi connectivity index (χ2v) is 10.6. The second kappa shape index (κ2) is 8.81. The van der Waals surface area contributed by atoms with Crippen LogP contribution in [0, 0.1) is 0 Å². The van der Waals surface area contributed by atoms with E-state index in [0.717, 1.165) is 28.6 Å². The van der Waals surface area contributed by atoms with E-state index in [1.165, 1.54) is 0 Å². The number of rotatable bonds is 6. The number of allylic oxidation sites excluding steroid dienone is 1. The van der Waals surface area contributed by atoms with Gasteiger partial charge in [0.2, 0.25) is 0 Å². The molecule has 1 unspecified atom stereocenters. The van der Waals surface area contributed by atoms with Crippen LogP contribution in [0.1, 0.15) is 59.0 Å². The molecular formula is C23H34N8OS. The van der Waals surface area contributed by atoms with Crippen molar-refractivity contribution in [3.05, 3.63) is 41.0 Å². The van der Waals surface area contributed by atoms with Gasteiger partial charge in [0.25, 0.3) is 5.88 Å². The number of nitrogens with zero attached hydrogens (tertiary/aromatic N) is 6. The van der Waals surface area contributed by atoms with Gasteiger partial charge in [-0.05, 0) is 20.8 Å². The van der Waals surface area contributed by atoms with Crippen LogP contribution < -0.4 is 20.3 Å². The van der Waals surface area contributed by atoms with Crippen LogP contribution in [-0.4, -0.2) is 51.0 Å². The zero-order chi connectivity index (χ0) is 23.9. The highest BCUT2D eigenvalue weighted by Crippen LogP contribution is 2.37. The Labute approximate surface area is 200 Å². The van der Waals surface area contributed by atoms with Crippen LogP contribution in [0.25, 0.3) is 5.70 Å². The monoisotopic (exact) mass is 470 g/mol. The van der Waals surface area contributed by atoms with E-state index in [4.69, 9.17) is 14.8 Å². The summed E-state index contributed by atoms with van der Waals surface area (Å²) in [5, 5.41) is 13.9. The van der Waals surface area contributed by atoms with Crippen LogP contribution in [0.5, 0.6) is 5.88 Å². The van der Waals surface area contributed by atoms with Gasteiger partial charge in [-0.15, -0.1) is 0 Å². The molecule has 4 heterocycles. The van der Waals surface area contributed by atoms with Gasteiger partial charge in [0, 0.05) is 41.9 Å². The molecule has 0 spiro atoms. The summed E-state index contributed by atoms with van der Waals surface area (Å²) in [7, 11) is 3.69. The molecule has 0 fully saturated rings. The highest BCUT2D eigenvalue weighted by Gasteiger charge is 2.29. The van der Waals surface area contributed by atoms with Crippen LogP contribution in [0.15, 0.2) is 29.6 Å². The Morgan fingerprint density at radius 3 is 2.67 bits per heavy atom. The molecule has 0 saturated heterocycles. The summed E-state index contributed by atoms with van der Waals surface area (Å²) in [6.07, 6.45) is 3.81. The summed E-state index contributed by atoms with van der Waals surface area (Å²) in [5.41, 5.74) is 3.93. The first-order valence-electron chi connectivity index (χ1n) is 11.1. The minimum Gasteiger partial charge on any atom is -0.478 e. The van der Waals surface area contributed by atoms with Gasteiger partial charge in [-0.3, -0.25) is 0 Å². The lowest BCUT2D eigenvalue weighted by Gasteiger charge is -2.26. The maximum atomic E-state index is 5.58. The van der Waals surface area contributed by atoms with Gasteiger partial charge in [-0.25, -0.2) is 14.6 Å². The Balaban J connectivity index is 1.54. The number of thioether (sulfide) groups is 1. The fraction of sp³-hybridized carbons (Fsp3) is 0.522. The van der Waals surface area contributed by atoms with E-state index >= 15 is 0 Å². The van der Waals surface area contributed by atoms with E-state index in [0.29, 0.717) is 18.4 Å². The topological polar surface area (TPSA) is 83.4 Å². The summed E-state index contributed by atoms with van der Waals surface area (Å²) in [6, 6.07) is 2.41. The second-order valence-electron chi connectivity index (χ2n) is 9.65. The molecule has 0 bridgehead atoms. The van der Waals surface area contributed by atoms with E-state index in [2.05, 4.69) is 78.3 Å². The third-order valence-corrected chi connectivity index (χ3v) is 6.68. The van der Waals surface area contributed by atoms with Crippen molar-refractivity contribution >= 4 is 29.1 Å². The first-order valence-corrected chi connectivity index (χ1v) is 12.1. The molecule has 0 saturated carbocycles. The Morgan fingerprint density at radius 1 is 1.30 bits per heavy atom. The molecule has 0 amide bonds. The maximum Gasteiger partial charge on any atom is 0.258 e. The Morgan fingerprint density at radius 2 is 2.06 bits per heavy atom. The molecule has 0 aromatic carbocycles. The average Bonchev–Trinajstić information content (AvgIpc) is 3.47. The molecule has 2 aliphatic heterocycles. The van der Waals surface area contributed by atoms with Gasteiger partial charge in [0.1, 0.15) is 11.5 Å². The van der Waals surface area contributed by atoms with Gasteiger partial charge < -0.3 is 25.2 Å². The zero-order valence-electron chi connectivity index (χ0n) is 20.7. The Hall–Kier alpha value is -2.88. The highest BCUT2D eigenvalue weighted by atomic mass is 32.2. The lowest BCUT2D eigenvalue weighted by Crippen LogP contribution is -2.32. The maximum absolute atomic E-state index is 5.58. The number of ether oxygens (including phenoxy) is 1. The summed E-state index contributed by atoms with van der Waals surface area (Å²) in [4.78, 5) is 13.6. The molecule has 178 valence electrons. The summed E-state index contributed by atoms with van der Waals surface area (Å²) in [6.45, 7) is 13.5. The Kier molecular flexibility index (Phi) is 6.22. The van der Waals surface area contributed by atoms with Crippen molar-refractivity contribution in [2.24, 2.45) is 0 Å². The standard InChI is InChI=1S/C23H34N8OS/c1-14(2)31-19(9-18(28-31)23(4,5)6)27-22-29(7)17(12-33-22)16-10-24-20(21(26-16)32-8)30-11-15(3)25-13-30/h9-12,14,22,25,27H,13H2,1-8H3. The van der Waals surface area contributed by atoms with Crippen LogP contribution >= 0.6 is 11.8 Å². The highest BCUT2D eigenvalue weighted by molar-refractivity contribution is 8.03. The van der Waals surface area contributed by atoms with E-state index in [9.17, 15) is 0 Å². The molecule has 4 rings (SSSR count). The fourth-order valence-electron chi connectivity index (χ4n) is 3.68. The molecule has 0 aliphatic carbocycles. The molecule has 9 nitrogen and oxygen atoms in total. The molecule has 2 aliphatic rings. The third-order valence-electron chi connectivity index (χ3n) is 5.63. The Bertz CT molecular complexity index is 1080. The predicted molar refractivity (Wildman–Crippen MR) is 135 cm³/mol. The van der Waals surface area contributed by atoms with Gasteiger partial charge in [0.05, 0.1) is 31.4 Å². The molecule has 0 radical (unpaired) electrons. The lowest BCUT2D eigenvalue weighted by atomic mass is 9.92. The summed E-state index contributed by atoms with van der Waals surface area (Å²) < 4.78 is 7.64. The number of hydrogen-bond donors (Lipinski definition) is 2. The summed E-state index contributed by atoms with van der Waals surface area (Å²) >= 11 is 1.70. The van der Waals surface area contributed by atoms with Crippen LogP contribution in [0.3, 0.4) is 0 Å². The minimum atomic E-state index is -0.0127. The molecule has 2 aromatic heterocycles.